The Hall–Kier alpha value is -3.84. The average Bonchev–Trinajstić information content (AvgIpc) is 2.63. The number of hydrogen-bond donors (Lipinski definition) is 2. The summed E-state index contributed by atoms with van der Waals surface area (Å²) in [5, 5.41) is 29.5. The summed E-state index contributed by atoms with van der Waals surface area (Å²) in [6.45, 7) is 0. The van der Waals surface area contributed by atoms with Gasteiger partial charge in [-0.1, -0.05) is 18.2 Å². The van der Waals surface area contributed by atoms with Crippen molar-refractivity contribution < 1.29 is 17.7 Å². The number of rotatable bonds is 5. The third kappa shape index (κ3) is 4.37. The summed E-state index contributed by atoms with van der Waals surface area (Å²) >= 11 is 0. The molecule has 2 aromatic rings. The van der Waals surface area contributed by atoms with Crippen molar-refractivity contribution in [2.75, 3.05) is 5.32 Å². The van der Waals surface area contributed by atoms with Gasteiger partial charge in [-0.05, 0) is 30.3 Å². The van der Waals surface area contributed by atoms with Gasteiger partial charge >= 0.3 is 0 Å². The standard InChI is InChI=1S/C17H10N4O4S/c18-9-12(10-19)16(11-20)21-15-8-14(26(22,23)24)6-7-17(15)25-13-4-2-1-3-5-13/h1-8,21H,(H,22,23,24). The van der Waals surface area contributed by atoms with Gasteiger partial charge < -0.3 is 10.1 Å². The molecule has 0 bridgehead atoms. The van der Waals surface area contributed by atoms with Crippen LogP contribution in [0.4, 0.5) is 5.69 Å². The lowest BCUT2D eigenvalue weighted by atomic mass is 10.2. The second-order valence-corrected chi connectivity index (χ2v) is 6.18. The number of nitrogens with one attached hydrogen (secondary N) is 1. The first-order valence-electron chi connectivity index (χ1n) is 6.95. The zero-order valence-corrected chi connectivity index (χ0v) is 13.9. The lowest BCUT2D eigenvalue weighted by Gasteiger charge is -2.13. The molecule has 0 aliphatic carbocycles. The molecule has 0 aliphatic rings. The topological polar surface area (TPSA) is 147 Å². The van der Waals surface area contributed by atoms with Crippen LogP contribution in [-0.4, -0.2) is 13.0 Å². The summed E-state index contributed by atoms with van der Waals surface area (Å²) in [4.78, 5) is -0.451. The molecule has 0 atom stereocenters. The van der Waals surface area contributed by atoms with Crippen molar-refractivity contribution >= 4 is 15.8 Å². The molecular formula is C17H10N4O4S. The number of para-hydroxylation sites is 1. The maximum Gasteiger partial charge on any atom is 0.294 e. The maximum absolute atomic E-state index is 11.4. The number of anilines is 1. The number of nitrogens with zero attached hydrogens (tertiary/aromatic N) is 3. The maximum atomic E-state index is 11.4. The molecule has 128 valence electrons. The third-order valence-electron chi connectivity index (χ3n) is 3.06. The second-order valence-electron chi connectivity index (χ2n) is 4.76. The predicted octanol–water partition coefficient (Wildman–Crippen LogP) is 2.96. The molecule has 2 rings (SSSR count). The molecule has 0 saturated heterocycles. The Bertz CT molecular complexity index is 1070. The minimum atomic E-state index is -4.51. The highest BCUT2D eigenvalue weighted by Gasteiger charge is 2.16. The molecule has 2 aromatic carbocycles. The van der Waals surface area contributed by atoms with Crippen molar-refractivity contribution in [1.29, 1.82) is 15.8 Å². The summed E-state index contributed by atoms with van der Waals surface area (Å²) in [7, 11) is -4.51. The van der Waals surface area contributed by atoms with Crippen molar-refractivity contribution in [3.8, 4) is 29.7 Å². The van der Waals surface area contributed by atoms with Gasteiger partial charge in [0.25, 0.3) is 10.1 Å². The smallest absolute Gasteiger partial charge is 0.294 e. The number of ether oxygens (including phenoxy) is 1. The Morgan fingerprint density at radius 1 is 1.00 bits per heavy atom. The number of benzene rings is 2. The van der Waals surface area contributed by atoms with E-state index in [2.05, 4.69) is 5.32 Å². The quantitative estimate of drug-likeness (QED) is 0.606. The summed E-state index contributed by atoms with van der Waals surface area (Å²) < 4.78 is 37.6. The molecule has 0 saturated carbocycles. The van der Waals surface area contributed by atoms with Crippen molar-refractivity contribution in [3.05, 3.63) is 59.8 Å². The average molecular weight is 366 g/mol. The van der Waals surface area contributed by atoms with E-state index in [1.54, 1.807) is 48.5 Å². The molecule has 0 amide bonds. The molecule has 0 spiro atoms. The molecular weight excluding hydrogens is 356 g/mol. The SMILES string of the molecule is N#CC(C#N)=C(C#N)Nc1cc(S(=O)(=O)O)ccc1Oc1ccccc1. The largest absolute Gasteiger partial charge is 0.455 e. The number of allylic oxidation sites excluding steroid dienone is 2. The molecule has 0 radical (unpaired) electrons. The van der Waals surface area contributed by atoms with Gasteiger partial charge in [0, 0.05) is 0 Å². The summed E-state index contributed by atoms with van der Waals surface area (Å²) in [5.41, 5.74) is -0.903. The van der Waals surface area contributed by atoms with E-state index in [9.17, 15) is 13.0 Å². The Morgan fingerprint density at radius 2 is 1.65 bits per heavy atom. The van der Waals surface area contributed by atoms with E-state index in [0.717, 1.165) is 12.1 Å². The van der Waals surface area contributed by atoms with Crippen molar-refractivity contribution in [1.82, 2.24) is 0 Å². The Morgan fingerprint density at radius 3 is 2.19 bits per heavy atom. The van der Waals surface area contributed by atoms with E-state index in [-0.39, 0.29) is 17.1 Å². The van der Waals surface area contributed by atoms with Gasteiger partial charge in [0.1, 0.15) is 29.7 Å². The summed E-state index contributed by atoms with van der Waals surface area (Å²) in [5.74, 6) is 0.546. The van der Waals surface area contributed by atoms with E-state index in [4.69, 9.17) is 20.5 Å². The zero-order chi connectivity index (χ0) is 19.2. The molecule has 0 fully saturated rings. The molecule has 9 heteroatoms. The van der Waals surface area contributed by atoms with Crippen molar-refractivity contribution in [2.24, 2.45) is 0 Å². The molecule has 0 aliphatic heterocycles. The van der Waals surface area contributed by atoms with Gasteiger partial charge in [-0.15, -0.1) is 0 Å². The first-order chi connectivity index (χ1) is 12.4. The van der Waals surface area contributed by atoms with E-state index in [1.807, 2.05) is 0 Å². The minimum absolute atomic E-state index is 0.0245. The van der Waals surface area contributed by atoms with Crippen LogP contribution in [-0.2, 0) is 10.1 Å². The monoisotopic (exact) mass is 366 g/mol. The van der Waals surface area contributed by atoms with E-state index in [0.29, 0.717) is 5.75 Å². The van der Waals surface area contributed by atoms with Crippen LogP contribution >= 0.6 is 0 Å². The van der Waals surface area contributed by atoms with Crippen LogP contribution in [0.5, 0.6) is 11.5 Å². The van der Waals surface area contributed by atoms with Gasteiger partial charge in [0.2, 0.25) is 0 Å². The van der Waals surface area contributed by atoms with Gasteiger partial charge in [-0.2, -0.15) is 24.2 Å². The Kier molecular flexibility index (Phi) is 5.56. The molecule has 8 nitrogen and oxygen atoms in total. The van der Waals surface area contributed by atoms with Crippen LogP contribution in [0.15, 0.2) is 64.7 Å². The van der Waals surface area contributed by atoms with Gasteiger partial charge in [-0.3, -0.25) is 4.55 Å². The number of hydrogen-bond acceptors (Lipinski definition) is 7. The van der Waals surface area contributed by atoms with Crippen LogP contribution in [0, 0.1) is 34.0 Å². The van der Waals surface area contributed by atoms with Crippen LogP contribution in [0.2, 0.25) is 0 Å². The summed E-state index contributed by atoms with van der Waals surface area (Å²) in [6.07, 6.45) is 0. The van der Waals surface area contributed by atoms with E-state index >= 15 is 0 Å². The fourth-order valence-corrected chi connectivity index (χ4v) is 2.40. The van der Waals surface area contributed by atoms with E-state index in [1.165, 1.54) is 6.07 Å². The highest BCUT2D eigenvalue weighted by Crippen LogP contribution is 2.33. The normalized spacial score (nSPS) is 9.92. The number of nitriles is 3. The fourth-order valence-electron chi connectivity index (χ4n) is 1.89. The zero-order valence-electron chi connectivity index (χ0n) is 13.0. The second kappa shape index (κ2) is 7.82. The highest BCUT2D eigenvalue weighted by molar-refractivity contribution is 7.85. The Labute approximate surface area is 149 Å². The van der Waals surface area contributed by atoms with Gasteiger partial charge in [-0.25, -0.2) is 0 Å². The van der Waals surface area contributed by atoms with Crippen LogP contribution in [0.25, 0.3) is 0 Å². The first-order valence-corrected chi connectivity index (χ1v) is 8.39. The summed E-state index contributed by atoms with van der Waals surface area (Å²) in [6, 6.07) is 16.7. The molecule has 0 heterocycles. The Balaban J connectivity index is 2.56. The van der Waals surface area contributed by atoms with E-state index < -0.39 is 20.6 Å². The van der Waals surface area contributed by atoms with Crippen LogP contribution in [0.1, 0.15) is 0 Å². The first kappa shape index (κ1) is 18.5. The minimum Gasteiger partial charge on any atom is -0.455 e. The van der Waals surface area contributed by atoms with Gasteiger partial charge in [0.15, 0.2) is 11.3 Å². The molecule has 26 heavy (non-hydrogen) atoms. The van der Waals surface area contributed by atoms with Gasteiger partial charge in [0.05, 0.1) is 10.6 Å². The van der Waals surface area contributed by atoms with Crippen LogP contribution < -0.4 is 10.1 Å². The van der Waals surface area contributed by atoms with Crippen molar-refractivity contribution in [2.45, 2.75) is 4.90 Å². The predicted molar refractivity (Wildman–Crippen MR) is 90.3 cm³/mol. The molecule has 0 aromatic heterocycles. The van der Waals surface area contributed by atoms with Crippen LogP contribution in [0.3, 0.4) is 0 Å². The third-order valence-corrected chi connectivity index (χ3v) is 3.91. The molecule has 2 N–H and O–H groups in total. The lowest BCUT2D eigenvalue weighted by Crippen LogP contribution is -2.05. The highest BCUT2D eigenvalue weighted by atomic mass is 32.2. The fraction of sp³-hybridized carbons (Fsp3) is 0. The molecule has 0 unspecified atom stereocenters. The van der Waals surface area contributed by atoms with Crippen molar-refractivity contribution in [3.63, 3.8) is 0 Å². The lowest BCUT2D eigenvalue weighted by molar-refractivity contribution is 0.479.